The van der Waals surface area contributed by atoms with Crippen molar-refractivity contribution in [1.82, 2.24) is 5.32 Å². The Bertz CT molecular complexity index is 724. The second-order valence-corrected chi connectivity index (χ2v) is 7.52. The largest absolute Gasteiger partial charge is 0.324 e. The molecule has 0 aromatic heterocycles. The van der Waals surface area contributed by atoms with Crippen LogP contribution in [0.5, 0.6) is 0 Å². The third-order valence-electron chi connectivity index (χ3n) is 4.84. The highest BCUT2D eigenvalue weighted by atomic mass is 16.1. The summed E-state index contributed by atoms with van der Waals surface area (Å²) in [5, 5.41) is 6.50. The van der Waals surface area contributed by atoms with Crippen molar-refractivity contribution in [3.8, 4) is 0 Å². The molecule has 0 spiro atoms. The lowest BCUT2D eigenvalue weighted by molar-refractivity contribution is -0.115. The first-order valence-electron chi connectivity index (χ1n) is 9.51. The zero-order valence-electron chi connectivity index (χ0n) is 16.9. The van der Waals surface area contributed by atoms with Gasteiger partial charge in [-0.1, -0.05) is 62.7 Å². The van der Waals surface area contributed by atoms with Crippen LogP contribution in [-0.2, 0) is 11.2 Å². The molecule has 0 saturated heterocycles. The number of anilines is 1. The van der Waals surface area contributed by atoms with Gasteiger partial charge in [0.25, 0.3) is 0 Å². The van der Waals surface area contributed by atoms with Crippen LogP contribution in [0.3, 0.4) is 0 Å². The summed E-state index contributed by atoms with van der Waals surface area (Å²) in [6.07, 6.45) is 1.04. The van der Waals surface area contributed by atoms with Gasteiger partial charge in [0, 0.05) is 11.7 Å². The van der Waals surface area contributed by atoms with Crippen LogP contribution >= 0.6 is 0 Å². The SMILES string of the molecule is CCc1ccc([C@H](NCC(=O)Nc2c(C)cc(C)cc2C)C(C)C)cc1. The van der Waals surface area contributed by atoms with Gasteiger partial charge in [-0.25, -0.2) is 0 Å². The van der Waals surface area contributed by atoms with E-state index in [1.807, 2.05) is 13.8 Å². The molecule has 0 aliphatic carbocycles. The molecule has 0 fully saturated rings. The lowest BCUT2D eigenvalue weighted by Gasteiger charge is -2.23. The van der Waals surface area contributed by atoms with Gasteiger partial charge in [0.05, 0.1) is 6.54 Å². The number of rotatable bonds is 7. The molecule has 2 aromatic rings. The molecule has 0 radical (unpaired) electrons. The van der Waals surface area contributed by atoms with Crippen molar-refractivity contribution in [1.29, 1.82) is 0 Å². The second kappa shape index (κ2) is 9.00. The van der Waals surface area contributed by atoms with E-state index < -0.39 is 0 Å². The van der Waals surface area contributed by atoms with Crippen molar-refractivity contribution in [2.45, 2.75) is 54.0 Å². The van der Waals surface area contributed by atoms with Crippen LogP contribution in [0.25, 0.3) is 0 Å². The predicted octanol–water partition coefficient (Wildman–Crippen LogP) is 5.10. The van der Waals surface area contributed by atoms with Gasteiger partial charge in [0.15, 0.2) is 0 Å². The molecule has 0 aliphatic rings. The van der Waals surface area contributed by atoms with Gasteiger partial charge in [0.2, 0.25) is 5.91 Å². The molecule has 3 nitrogen and oxygen atoms in total. The zero-order valence-corrected chi connectivity index (χ0v) is 16.9. The van der Waals surface area contributed by atoms with Gasteiger partial charge in [-0.3, -0.25) is 4.79 Å². The fourth-order valence-electron chi connectivity index (χ4n) is 3.46. The van der Waals surface area contributed by atoms with E-state index in [2.05, 4.69) is 74.7 Å². The molecule has 0 aliphatic heterocycles. The zero-order chi connectivity index (χ0) is 19.3. The van der Waals surface area contributed by atoms with Gasteiger partial charge >= 0.3 is 0 Å². The van der Waals surface area contributed by atoms with Crippen molar-refractivity contribution < 1.29 is 4.79 Å². The van der Waals surface area contributed by atoms with Crippen LogP contribution in [0.4, 0.5) is 5.69 Å². The van der Waals surface area contributed by atoms with E-state index >= 15 is 0 Å². The molecular formula is C23H32N2O. The van der Waals surface area contributed by atoms with E-state index in [1.165, 1.54) is 16.7 Å². The van der Waals surface area contributed by atoms with Crippen molar-refractivity contribution >= 4 is 11.6 Å². The minimum Gasteiger partial charge on any atom is -0.324 e. The number of hydrogen-bond donors (Lipinski definition) is 2. The average Bonchev–Trinajstić information content (AvgIpc) is 2.58. The van der Waals surface area contributed by atoms with E-state index in [1.54, 1.807) is 0 Å². The summed E-state index contributed by atoms with van der Waals surface area (Å²) in [5.41, 5.74) is 6.91. The molecule has 3 heteroatoms. The minimum atomic E-state index is -0.00381. The molecule has 1 amide bonds. The number of hydrogen-bond acceptors (Lipinski definition) is 2. The fourth-order valence-corrected chi connectivity index (χ4v) is 3.46. The molecule has 0 heterocycles. The summed E-state index contributed by atoms with van der Waals surface area (Å²) in [5.74, 6) is 0.397. The smallest absolute Gasteiger partial charge is 0.238 e. The topological polar surface area (TPSA) is 41.1 Å². The van der Waals surface area contributed by atoms with Crippen molar-refractivity contribution in [3.63, 3.8) is 0 Å². The van der Waals surface area contributed by atoms with Gasteiger partial charge in [-0.15, -0.1) is 0 Å². The highest BCUT2D eigenvalue weighted by Gasteiger charge is 2.17. The van der Waals surface area contributed by atoms with E-state index in [0.29, 0.717) is 12.5 Å². The Labute approximate surface area is 158 Å². The Morgan fingerprint density at radius 2 is 1.58 bits per heavy atom. The number of carbonyl (C=O) groups excluding carboxylic acids is 1. The van der Waals surface area contributed by atoms with Crippen molar-refractivity contribution in [2.75, 3.05) is 11.9 Å². The maximum atomic E-state index is 12.5. The number of nitrogens with one attached hydrogen (secondary N) is 2. The highest BCUT2D eigenvalue weighted by Crippen LogP contribution is 2.23. The number of aryl methyl sites for hydroxylation is 4. The van der Waals surface area contributed by atoms with Crippen LogP contribution in [-0.4, -0.2) is 12.5 Å². The summed E-state index contributed by atoms with van der Waals surface area (Å²) >= 11 is 0. The Balaban J connectivity index is 2.03. The summed E-state index contributed by atoms with van der Waals surface area (Å²) in [6, 6.07) is 13.0. The maximum absolute atomic E-state index is 12.5. The normalized spacial score (nSPS) is 12.3. The van der Waals surface area contributed by atoms with Crippen molar-refractivity contribution in [3.05, 3.63) is 64.2 Å². The van der Waals surface area contributed by atoms with Crippen molar-refractivity contribution in [2.24, 2.45) is 5.92 Å². The van der Waals surface area contributed by atoms with E-state index in [-0.39, 0.29) is 11.9 Å². The summed E-state index contributed by atoms with van der Waals surface area (Å²) < 4.78 is 0. The van der Waals surface area contributed by atoms with Gasteiger partial charge in [0.1, 0.15) is 0 Å². The van der Waals surface area contributed by atoms with E-state index in [9.17, 15) is 4.79 Å². The number of carbonyl (C=O) groups is 1. The maximum Gasteiger partial charge on any atom is 0.238 e. The molecule has 0 saturated carbocycles. The third-order valence-corrected chi connectivity index (χ3v) is 4.84. The molecule has 0 unspecified atom stereocenters. The first kappa shape index (κ1) is 20.2. The van der Waals surface area contributed by atoms with Crippen LogP contribution in [0, 0.1) is 26.7 Å². The Hall–Kier alpha value is -2.13. The molecule has 2 aromatic carbocycles. The highest BCUT2D eigenvalue weighted by molar-refractivity contribution is 5.93. The van der Waals surface area contributed by atoms with Crippen LogP contribution in [0.15, 0.2) is 36.4 Å². The first-order valence-corrected chi connectivity index (χ1v) is 9.51. The van der Waals surface area contributed by atoms with Gasteiger partial charge < -0.3 is 10.6 Å². The number of amides is 1. The van der Waals surface area contributed by atoms with Gasteiger partial charge in [-0.2, -0.15) is 0 Å². The third kappa shape index (κ3) is 5.18. The molecule has 2 N–H and O–H groups in total. The summed E-state index contributed by atoms with van der Waals surface area (Å²) in [7, 11) is 0. The standard InChI is InChI=1S/C23H32N2O/c1-7-19-8-10-20(11-9-19)22(15(2)3)24-14-21(26)25-23-17(5)12-16(4)13-18(23)6/h8-13,15,22,24H,7,14H2,1-6H3,(H,25,26)/t22-/m1/s1. The van der Waals surface area contributed by atoms with Crippen LogP contribution in [0.2, 0.25) is 0 Å². The Morgan fingerprint density at radius 1 is 1.00 bits per heavy atom. The quantitative estimate of drug-likeness (QED) is 0.728. The summed E-state index contributed by atoms with van der Waals surface area (Å²) in [6.45, 7) is 13.0. The van der Waals surface area contributed by atoms with Gasteiger partial charge in [-0.05, 0) is 55.4 Å². The molecule has 26 heavy (non-hydrogen) atoms. The summed E-state index contributed by atoms with van der Waals surface area (Å²) in [4.78, 5) is 12.5. The lowest BCUT2D eigenvalue weighted by atomic mass is 9.95. The second-order valence-electron chi connectivity index (χ2n) is 7.52. The predicted molar refractivity (Wildman–Crippen MR) is 111 cm³/mol. The molecular weight excluding hydrogens is 320 g/mol. The van der Waals surface area contributed by atoms with E-state index in [4.69, 9.17) is 0 Å². The lowest BCUT2D eigenvalue weighted by Crippen LogP contribution is -2.34. The average molecular weight is 353 g/mol. The van der Waals surface area contributed by atoms with Crippen LogP contribution in [0.1, 0.15) is 54.6 Å². The van der Waals surface area contributed by atoms with E-state index in [0.717, 1.165) is 23.2 Å². The number of benzene rings is 2. The molecule has 0 bridgehead atoms. The Kier molecular flexibility index (Phi) is 6.98. The van der Waals surface area contributed by atoms with Crippen LogP contribution < -0.4 is 10.6 Å². The fraction of sp³-hybridized carbons (Fsp3) is 0.435. The molecule has 2 rings (SSSR count). The molecule has 1 atom stereocenters. The minimum absolute atomic E-state index is 0.00381. The Morgan fingerprint density at radius 3 is 2.08 bits per heavy atom. The molecule has 140 valence electrons. The first-order chi connectivity index (χ1) is 12.3. The monoisotopic (exact) mass is 352 g/mol.